The van der Waals surface area contributed by atoms with Gasteiger partial charge in [0.15, 0.2) is 0 Å². The van der Waals surface area contributed by atoms with Gasteiger partial charge in [0.05, 0.1) is 13.1 Å². The lowest BCUT2D eigenvalue weighted by Gasteiger charge is -2.22. The van der Waals surface area contributed by atoms with Gasteiger partial charge < -0.3 is 5.73 Å². The number of nitrogens with zero attached hydrogens (tertiary/aromatic N) is 4. The Balaban J connectivity index is 2.70. The lowest BCUT2D eigenvalue weighted by molar-refractivity contribution is -0.147. The number of hydrogen-bond acceptors (Lipinski definition) is 4. The predicted molar refractivity (Wildman–Crippen MR) is 65.2 cm³/mol. The SMILES string of the molecule is CC(C)Cn1ncnc1CN(CCN)CC(F)(F)F. The molecule has 2 N–H and O–H groups in total. The van der Waals surface area contributed by atoms with Crippen LogP contribution in [0.15, 0.2) is 6.33 Å². The van der Waals surface area contributed by atoms with Crippen LogP contribution in [0.2, 0.25) is 0 Å². The van der Waals surface area contributed by atoms with Gasteiger partial charge in [0, 0.05) is 19.6 Å². The van der Waals surface area contributed by atoms with Crippen molar-refractivity contribution in [2.24, 2.45) is 11.7 Å². The van der Waals surface area contributed by atoms with E-state index in [9.17, 15) is 13.2 Å². The van der Waals surface area contributed by atoms with Crippen molar-refractivity contribution in [2.75, 3.05) is 19.6 Å². The summed E-state index contributed by atoms with van der Waals surface area (Å²) in [5.41, 5.74) is 5.34. The van der Waals surface area contributed by atoms with Crippen molar-refractivity contribution in [3.05, 3.63) is 12.2 Å². The highest BCUT2D eigenvalue weighted by molar-refractivity contribution is 4.85. The lowest BCUT2D eigenvalue weighted by atomic mass is 10.2. The molecule has 0 radical (unpaired) electrons. The molecule has 0 aliphatic rings. The topological polar surface area (TPSA) is 60.0 Å². The summed E-state index contributed by atoms with van der Waals surface area (Å²) in [6.07, 6.45) is -2.87. The van der Waals surface area contributed by atoms with Gasteiger partial charge in [0.25, 0.3) is 0 Å². The number of hydrogen-bond donors (Lipinski definition) is 1. The van der Waals surface area contributed by atoms with Crippen molar-refractivity contribution in [3.8, 4) is 0 Å². The Hall–Kier alpha value is -1.15. The first kappa shape index (κ1) is 15.9. The lowest BCUT2D eigenvalue weighted by Crippen LogP contribution is -2.38. The molecular weight excluding hydrogens is 259 g/mol. The average molecular weight is 279 g/mol. The third kappa shape index (κ3) is 6.02. The first-order chi connectivity index (χ1) is 8.81. The minimum atomic E-state index is -4.24. The van der Waals surface area contributed by atoms with Crippen molar-refractivity contribution >= 4 is 0 Å². The third-order valence-electron chi connectivity index (χ3n) is 2.45. The van der Waals surface area contributed by atoms with Crippen LogP contribution in [0.1, 0.15) is 19.7 Å². The number of aromatic nitrogens is 3. The average Bonchev–Trinajstić information content (AvgIpc) is 2.62. The maximum absolute atomic E-state index is 12.4. The normalized spacial score (nSPS) is 12.6. The van der Waals surface area contributed by atoms with Gasteiger partial charge in [-0.05, 0) is 5.92 Å². The summed E-state index contributed by atoms with van der Waals surface area (Å²) in [6, 6.07) is 0. The molecule has 110 valence electrons. The van der Waals surface area contributed by atoms with Crippen molar-refractivity contribution in [1.29, 1.82) is 0 Å². The van der Waals surface area contributed by atoms with Gasteiger partial charge in [-0.2, -0.15) is 18.3 Å². The second kappa shape index (κ2) is 6.85. The maximum atomic E-state index is 12.4. The van der Waals surface area contributed by atoms with E-state index in [1.165, 1.54) is 11.2 Å². The summed E-state index contributed by atoms with van der Waals surface area (Å²) >= 11 is 0. The Morgan fingerprint density at radius 2 is 2.11 bits per heavy atom. The molecule has 0 aliphatic carbocycles. The molecule has 0 atom stereocenters. The van der Waals surface area contributed by atoms with E-state index in [2.05, 4.69) is 10.1 Å². The fourth-order valence-electron chi connectivity index (χ4n) is 1.76. The number of rotatable bonds is 7. The van der Waals surface area contributed by atoms with Crippen LogP contribution in [0.25, 0.3) is 0 Å². The molecule has 0 fully saturated rings. The Kier molecular flexibility index (Phi) is 5.74. The minimum absolute atomic E-state index is 0.101. The molecule has 0 aromatic carbocycles. The molecule has 1 aromatic rings. The Labute approximate surface area is 110 Å². The third-order valence-corrected chi connectivity index (χ3v) is 2.45. The second-order valence-electron chi connectivity index (χ2n) is 4.87. The van der Waals surface area contributed by atoms with E-state index in [0.717, 1.165) is 0 Å². The monoisotopic (exact) mass is 279 g/mol. The molecule has 8 heteroatoms. The molecule has 0 spiro atoms. The summed E-state index contributed by atoms with van der Waals surface area (Å²) in [5.74, 6) is 0.887. The standard InChI is InChI=1S/C11H20F3N5/c1-9(2)5-19-10(16-8-17-19)6-18(4-3-15)7-11(12,13)14/h8-9H,3-7,15H2,1-2H3. The summed E-state index contributed by atoms with van der Waals surface area (Å²) in [7, 11) is 0. The molecule has 1 heterocycles. The number of alkyl halides is 3. The van der Waals surface area contributed by atoms with Gasteiger partial charge in [-0.1, -0.05) is 13.8 Å². The zero-order valence-electron chi connectivity index (χ0n) is 11.2. The van der Waals surface area contributed by atoms with Crippen LogP contribution in [0, 0.1) is 5.92 Å². The van der Waals surface area contributed by atoms with Gasteiger partial charge in [0.2, 0.25) is 0 Å². The van der Waals surface area contributed by atoms with Crippen molar-refractivity contribution in [2.45, 2.75) is 33.1 Å². The van der Waals surface area contributed by atoms with Crippen molar-refractivity contribution in [3.63, 3.8) is 0 Å². The summed E-state index contributed by atoms with van der Waals surface area (Å²) in [6.45, 7) is 4.13. The molecule has 1 aromatic heterocycles. The van der Waals surface area contributed by atoms with Crippen LogP contribution in [0.3, 0.4) is 0 Å². The van der Waals surface area contributed by atoms with E-state index in [0.29, 0.717) is 18.3 Å². The van der Waals surface area contributed by atoms with Gasteiger partial charge >= 0.3 is 6.18 Å². The quantitative estimate of drug-likeness (QED) is 0.816. The van der Waals surface area contributed by atoms with Crippen LogP contribution in [0.4, 0.5) is 13.2 Å². The van der Waals surface area contributed by atoms with Crippen LogP contribution in [-0.2, 0) is 13.1 Å². The van der Waals surface area contributed by atoms with E-state index >= 15 is 0 Å². The van der Waals surface area contributed by atoms with Gasteiger partial charge in [-0.15, -0.1) is 0 Å². The summed E-state index contributed by atoms with van der Waals surface area (Å²) in [5, 5.41) is 4.03. The van der Waals surface area contributed by atoms with Crippen LogP contribution >= 0.6 is 0 Å². The molecule has 0 saturated carbocycles. The van der Waals surface area contributed by atoms with Crippen molar-refractivity contribution < 1.29 is 13.2 Å². The van der Waals surface area contributed by atoms with Gasteiger partial charge in [-0.25, -0.2) is 9.67 Å². The first-order valence-corrected chi connectivity index (χ1v) is 6.17. The first-order valence-electron chi connectivity index (χ1n) is 6.17. The van der Waals surface area contributed by atoms with Crippen LogP contribution < -0.4 is 5.73 Å². The molecule has 0 aliphatic heterocycles. The largest absolute Gasteiger partial charge is 0.401 e. The fraction of sp³-hybridized carbons (Fsp3) is 0.818. The number of halogens is 3. The van der Waals surface area contributed by atoms with Crippen LogP contribution in [-0.4, -0.2) is 45.5 Å². The van der Waals surface area contributed by atoms with E-state index in [1.54, 1.807) is 4.68 Å². The smallest absolute Gasteiger partial charge is 0.329 e. The predicted octanol–water partition coefficient (Wildman–Crippen LogP) is 1.26. The zero-order valence-corrected chi connectivity index (χ0v) is 11.2. The molecule has 0 unspecified atom stereocenters. The highest BCUT2D eigenvalue weighted by Gasteiger charge is 2.31. The summed E-state index contributed by atoms with van der Waals surface area (Å²) in [4.78, 5) is 5.26. The van der Waals surface area contributed by atoms with Gasteiger partial charge in [0.1, 0.15) is 12.2 Å². The molecule has 19 heavy (non-hydrogen) atoms. The van der Waals surface area contributed by atoms with E-state index < -0.39 is 12.7 Å². The van der Waals surface area contributed by atoms with Crippen molar-refractivity contribution in [1.82, 2.24) is 19.7 Å². The molecule has 1 rings (SSSR count). The number of nitrogens with two attached hydrogens (primary N) is 1. The van der Waals surface area contributed by atoms with E-state index in [-0.39, 0.29) is 19.6 Å². The van der Waals surface area contributed by atoms with E-state index in [4.69, 9.17) is 5.73 Å². The molecule has 0 saturated heterocycles. The maximum Gasteiger partial charge on any atom is 0.401 e. The molecule has 0 bridgehead atoms. The molecule has 5 nitrogen and oxygen atoms in total. The second-order valence-corrected chi connectivity index (χ2v) is 4.87. The fourth-order valence-corrected chi connectivity index (χ4v) is 1.76. The Morgan fingerprint density at radius 3 is 2.63 bits per heavy atom. The Bertz CT molecular complexity index is 375. The summed E-state index contributed by atoms with van der Waals surface area (Å²) < 4.78 is 39.0. The van der Waals surface area contributed by atoms with Crippen LogP contribution in [0.5, 0.6) is 0 Å². The zero-order chi connectivity index (χ0) is 14.5. The highest BCUT2D eigenvalue weighted by Crippen LogP contribution is 2.17. The Morgan fingerprint density at radius 1 is 1.42 bits per heavy atom. The minimum Gasteiger partial charge on any atom is -0.329 e. The van der Waals surface area contributed by atoms with E-state index in [1.807, 2.05) is 13.8 Å². The molecule has 0 amide bonds. The highest BCUT2D eigenvalue weighted by atomic mass is 19.4. The molecular formula is C11H20F3N5. The van der Waals surface area contributed by atoms with Gasteiger partial charge in [-0.3, -0.25) is 4.90 Å².